The van der Waals surface area contributed by atoms with Crippen molar-refractivity contribution in [3.63, 3.8) is 0 Å². The van der Waals surface area contributed by atoms with E-state index < -0.39 is 9.84 Å². The molecule has 24 heavy (non-hydrogen) atoms. The highest BCUT2D eigenvalue weighted by Gasteiger charge is 2.45. The van der Waals surface area contributed by atoms with Crippen LogP contribution >= 0.6 is 0 Å². The van der Waals surface area contributed by atoms with Gasteiger partial charge in [0.2, 0.25) is 0 Å². The second kappa shape index (κ2) is 6.57. The summed E-state index contributed by atoms with van der Waals surface area (Å²) in [5.41, 5.74) is -0.253. The summed E-state index contributed by atoms with van der Waals surface area (Å²) >= 11 is 0. The van der Waals surface area contributed by atoms with Crippen molar-refractivity contribution in [2.45, 2.75) is 49.2 Å². The first-order valence-electron chi connectivity index (χ1n) is 8.31. The van der Waals surface area contributed by atoms with Crippen LogP contribution in [0.15, 0.2) is 11.1 Å². The number of aromatic nitrogens is 2. The lowest BCUT2D eigenvalue weighted by Gasteiger charge is -2.48. The highest BCUT2D eigenvalue weighted by Crippen LogP contribution is 2.38. The maximum Gasteiger partial charge on any atom is 0.180 e. The average Bonchev–Trinajstić information content (AvgIpc) is 2.55. The lowest BCUT2D eigenvalue weighted by molar-refractivity contribution is -0.175. The van der Waals surface area contributed by atoms with Crippen LogP contribution in [0.25, 0.3) is 0 Å². The zero-order valence-electron chi connectivity index (χ0n) is 14.5. The minimum absolute atomic E-state index is 0.106. The highest BCUT2D eigenvalue weighted by atomic mass is 32.2. The number of ether oxygens (including phenoxy) is 2. The molecule has 0 amide bonds. The predicted octanol–water partition coefficient (Wildman–Crippen LogP) is 1.35. The van der Waals surface area contributed by atoms with Gasteiger partial charge in [-0.1, -0.05) is 0 Å². The van der Waals surface area contributed by atoms with E-state index in [1.807, 2.05) is 4.90 Å². The summed E-state index contributed by atoms with van der Waals surface area (Å²) in [6, 6.07) is 0. The van der Waals surface area contributed by atoms with Gasteiger partial charge in [0.05, 0.1) is 17.9 Å². The molecule has 0 aliphatic carbocycles. The Hall–Kier alpha value is -1.25. The number of anilines is 1. The van der Waals surface area contributed by atoms with E-state index in [1.54, 1.807) is 14.0 Å². The number of piperidine rings is 1. The molecule has 0 bridgehead atoms. The van der Waals surface area contributed by atoms with E-state index in [2.05, 4.69) is 9.97 Å². The molecule has 1 spiro atoms. The Morgan fingerprint density at radius 3 is 2.71 bits per heavy atom. The molecule has 3 heterocycles. The van der Waals surface area contributed by atoms with Crippen molar-refractivity contribution < 1.29 is 17.9 Å². The van der Waals surface area contributed by atoms with Gasteiger partial charge in [0.1, 0.15) is 10.7 Å². The van der Waals surface area contributed by atoms with Crippen LogP contribution in [-0.2, 0) is 19.3 Å². The van der Waals surface area contributed by atoms with Gasteiger partial charge in [-0.05, 0) is 32.6 Å². The van der Waals surface area contributed by atoms with E-state index in [9.17, 15) is 8.42 Å². The molecule has 2 aliphatic heterocycles. The van der Waals surface area contributed by atoms with Crippen LogP contribution in [0.4, 0.5) is 5.82 Å². The quantitative estimate of drug-likeness (QED) is 0.809. The zero-order chi connectivity index (χ0) is 17.4. The molecule has 1 aromatic heterocycles. The second-order valence-electron chi connectivity index (χ2n) is 6.64. The molecule has 2 fully saturated rings. The third-order valence-electron chi connectivity index (χ3n) is 5.04. The number of sulfone groups is 1. The van der Waals surface area contributed by atoms with Crippen molar-refractivity contribution in [3.05, 3.63) is 12.0 Å². The molecule has 0 N–H and O–H groups in total. The summed E-state index contributed by atoms with van der Waals surface area (Å²) in [6.45, 7) is 3.92. The SMILES string of the molecule is COC1CCCOC12CCN(c1nc(C)ncc1S(C)(=O)=O)CC2. The molecule has 2 aliphatic rings. The van der Waals surface area contributed by atoms with E-state index in [0.717, 1.165) is 32.3 Å². The Bertz CT molecular complexity index is 699. The Balaban J connectivity index is 1.84. The first kappa shape index (κ1) is 17.6. The fourth-order valence-corrected chi connectivity index (χ4v) is 4.48. The second-order valence-corrected chi connectivity index (χ2v) is 8.63. The molecule has 0 radical (unpaired) electrons. The average molecular weight is 355 g/mol. The van der Waals surface area contributed by atoms with Crippen LogP contribution in [0, 0.1) is 6.92 Å². The van der Waals surface area contributed by atoms with Gasteiger partial charge in [0.15, 0.2) is 15.7 Å². The van der Waals surface area contributed by atoms with E-state index >= 15 is 0 Å². The van der Waals surface area contributed by atoms with Crippen LogP contribution in [0.2, 0.25) is 0 Å². The lowest BCUT2D eigenvalue weighted by Crippen LogP contribution is -2.56. The van der Waals surface area contributed by atoms with Crippen LogP contribution in [0.1, 0.15) is 31.5 Å². The molecule has 0 aromatic carbocycles. The molecule has 8 heteroatoms. The van der Waals surface area contributed by atoms with Gasteiger partial charge in [-0.2, -0.15) is 0 Å². The Morgan fingerprint density at radius 1 is 1.38 bits per heavy atom. The van der Waals surface area contributed by atoms with E-state index in [4.69, 9.17) is 9.47 Å². The zero-order valence-corrected chi connectivity index (χ0v) is 15.3. The summed E-state index contributed by atoms with van der Waals surface area (Å²) < 4.78 is 35.9. The number of hydrogen-bond donors (Lipinski definition) is 0. The third-order valence-corrected chi connectivity index (χ3v) is 6.12. The first-order chi connectivity index (χ1) is 11.4. The Morgan fingerprint density at radius 2 is 2.08 bits per heavy atom. The fourth-order valence-electron chi connectivity index (χ4n) is 3.73. The van der Waals surface area contributed by atoms with Crippen molar-refractivity contribution in [1.82, 2.24) is 9.97 Å². The van der Waals surface area contributed by atoms with E-state index in [1.165, 1.54) is 12.5 Å². The predicted molar refractivity (Wildman–Crippen MR) is 90.0 cm³/mol. The number of nitrogens with zero attached hydrogens (tertiary/aromatic N) is 3. The molecule has 3 rings (SSSR count). The van der Waals surface area contributed by atoms with Gasteiger partial charge >= 0.3 is 0 Å². The first-order valence-corrected chi connectivity index (χ1v) is 10.2. The van der Waals surface area contributed by atoms with Crippen LogP contribution in [0.3, 0.4) is 0 Å². The lowest BCUT2D eigenvalue weighted by atomic mass is 9.82. The molecule has 7 nitrogen and oxygen atoms in total. The number of rotatable bonds is 3. The standard InChI is InChI=1S/C16H25N3O4S/c1-12-17-11-13(24(3,20)21)15(18-12)19-8-6-16(7-9-19)14(22-2)5-4-10-23-16/h11,14H,4-10H2,1-3H3. The molecular weight excluding hydrogens is 330 g/mol. The minimum atomic E-state index is -3.37. The van der Waals surface area contributed by atoms with Gasteiger partial charge in [-0.25, -0.2) is 18.4 Å². The normalized spacial score (nSPS) is 24.3. The summed E-state index contributed by atoms with van der Waals surface area (Å²) in [5.74, 6) is 1.07. The Labute approximate surface area is 143 Å². The topological polar surface area (TPSA) is 81.6 Å². The summed E-state index contributed by atoms with van der Waals surface area (Å²) in [4.78, 5) is 10.7. The monoisotopic (exact) mass is 355 g/mol. The maximum absolute atomic E-state index is 12.0. The summed E-state index contributed by atoms with van der Waals surface area (Å²) in [7, 11) is -1.63. The molecule has 2 saturated heterocycles. The van der Waals surface area contributed by atoms with Crippen molar-refractivity contribution >= 4 is 15.7 Å². The van der Waals surface area contributed by atoms with Gasteiger partial charge in [-0.3, -0.25) is 0 Å². The van der Waals surface area contributed by atoms with Crippen molar-refractivity contribution in [2.24, 2.45) is 0 Å². The number of methoxy groups -OCH3 is 1. The van der Waals surface area contributed by atoms with Gasteiger partial charge < -0.3 is 14.4 Å². The maximum atomic E-state index is 12.0. The van der Waals surface area contributed by atoms with Gasteiger partial charge in [0.25, 0.3) is 0 Å². The van der Waals surface area contributed by atoms with Crippen LogP contribution < -0.4 is 4.90 Å². The summed E-state index contributed by atoms with van der Waals surface area (Å²) in [6.07, 6.45) is 6.35. The molecule has 1 unspecified atom stereocenters. The Kier molecular flexibility index (Phi) is 4.81. The molecule has 0 saturated carbocycles. The molecule has 1 atom stereocenters. The molecule has 134 valence electrons. The molecule has 1 aromatic rings. The van der Waals surface area contributed by atoms with Crippen LogP contribution in [-0.4, -0.2) is 63.2 Å². The van der Waals surface area contributed by atoms with Crippen molar-refractivity contribution in [3.8, 4) is 0 Å². The smallest absolute Gasteiger partial charge is 0.180 e. The van der Waals surface area contributed by atoms with Crippen molar-refractivity contribution in [2.75, 3.05) is 38.0 Å². The largest absolute Gasteiger partial charge is 0.378 e. The van der Waals surface area contributed by atoms with Crippen LogP contribution in [0.5, 0.6) is 0 Å². The summed E-state index contributed by atoms with van der Waals surface area (Å²) in [5, 5.41) is 0. The number of aryl methyl sites for hydroxylation is 1. The van der Waals surface area contributed by atoms with E-state index in [0.29, 0.717) is 24.7 Å². The van der Waals surface area contributed by atoms with Crippen molar-refractivity contribution in [1.29, 1.82) is 0 Å². The fraction of sp³-hybridized carbons (Fsp3) is 0.750. The molecular formula is C16H25N3O4S. The van der Waals surface area contributed by atoms with Gasteiger partial charge in [0, 0.05) is 33.1 Å². The van der Waals surface area contributed by atoms with E-state index in [-0.39, 0.29) is 16.6 Å². The third kappa shape index (κ3) is 3.27. The minimum Gasteiger partial charge on any atom is -0.378 e. The highest BCUT2D eigenvalue weighted by molar-refractivity contribution is 7.90. The number of hydrogen-bond acceptors (Lipinski definition) is 7. The van der Waals surface area contributed by atoms with Gasteiger partial charge in [-0.15, -0.1) is 0 Å².